The maximum Gasteiger partial charge on any atom is 0.163 e. The number of hydrogen-bond acceptors (Lipinski definition) is 2. The van der Waals surface area contributed by atoms with Crippen molar-refractivity contribution in [3.63, 3.8) is 0 Å². The fraction of sp³-hybridized carbons (Fsp3) is 0.857. The van der Waals surface area contributed by atoms with Crippen LogP contribution in [0.2, 0.25) is 0 Å². The lowest BCUT2D eigenvalue weighted by Crippen LogP contribution is -2.40. The van der Waals surface area contributed by atoms with E-state index in [1.165, 1.54) is 5.57 Å². The van der Waals surface area contributed by atoms with Crippen molar-refractivity contribution in [1.82, 2.24) is 0 Å². The Hall–Kier alpha value is -0.340. The third-order valence-corrected chi connectivity index (χ3v) is 3.37. The van der Waals surface area contributed by atoms with Crippen molar-refractivity contribution in [2.45, 2.75) is 65.8 Å². The molecule has 0 aromatic rings. The summed E-state index contributed by atoms with van der Waals surface area (Å²) in [6.07, 6.45) is 5.87. The molecule has 0 bridgehead atoms. The van der Waals surface area contributed by atoms with E-state index in [9.17, 15) is 0 Å². The quantitative estimate of drug-likeness (QED) is 0.677. The predicted octanol–water partition coefficient (Wildman–Crippen LogP) is 3.91. The molecule has 1 aliphatic rings. The molecule has 16 heavy (non-hydrogen) atoms. The Kier molecular flexibility index (Phi) is 5.00. The second kappa shape index (κ2) is 5.83. The topological polar surface area (TPSA) is 18.5 Å². The Morgan fingerprint density at radius 3 is 2.69 bits per heavy atom. The smallest absolute Gasteiger partial charge is 0.163 e. The van der Waals surface area contributed by atoms with Crippen LogP contribution in [-0.2, 0) is 9.47 Å². The van der Waals surface area contributed by atoms with E-state index >= 15 is 0 Å². The molecule has 0 radical (unpaired) electrons. The average molecular weight is 226 g/mol. The Morgan fingerprint density at radius 1 is 1.50 bits per heavy atom. The van der Waals surface area contributed by atoms with Crippen LogP contribution in [0.4, 0.5) is 0 Å². The zero-order chi connectivity index (χ0) is 12.2. The third-order valence-electron chi connectivity index (χ3n) is 3.37. The first-order valence-corrected chi connectivity index (χ1v) is 6.45. The maximum absolute atomic E-state index is 5.93. The van der Waals surface area contributed by atoms with Crippen LogP contribution in [0.5, 0.6) is 0 Å². The van der Waals surface area contributed by atoms with Gasteiger partial charge < -0.3 is 9.47 Å². The summed E-state index contributed by atoms with van der Waals surface area (Å²) < 4.78 is 11.5. The van der Waals surface area contributed by atoms with E-state index in [0.717, 1.165) is 25.9 Å². The zero-order valence-electron chi connectivity index (χ0n) is 11.4. The van der Waals surface area contributed by atoms with Crippen molar-refractivity contribution < 1.29 is 9.47 Å². The highest BCUT2D eigenvalue weighted by Crippen LogP contribution is 2.28. The highest BCUT2D eigenvalue weighted by molar-refractivity contribution is 5.04. The molecule has 1 saturated heterocycles. The molecule has 0 aliphatic carbocycles. The van der Waals surface area contributed by atoms with Crippen LogP contribution >= 0.6 is 0 Å². The number of ether oxygens (including phenoxy) is 2. The Bertz CT molecular complexity index is 243. The van der Waals surface area contributed by atoms with E-state index in [4.69, 9.17) is 9.47 Å². The van der Waals surface area contributed by atoms with Crippen LogP contribution in [0.1, 0.15) is 53.9 Å². The maximum atomic E-state index is 5.93. The summed E-state index contributed by atoms with van der Waals surface area (Å²) in [5, 5.41) is 0. The summed E-state index contributed by atoms with van der Waals surface area (Å²) in [6, 6.07) is 0. The fourth-order valence-electron chi connectivity index (χ4n) is 2.48. The molecule has 1 heterocycles. The first kappa shape index (κ1) is 13.7. The lowest BCUT2D eigenvalue weighted by molar-refractivity contribution is -0.275. The minimum absolute atomic E-state index is 0.347. The fourth-order valence-corrected chi connectivity index (χ4v) is 2.48. The number of rotatable bonds is 4. The van der Waals surface area contributed by atoms with Gasteiger partial charge in [-0.1, -0.05) is 25.5 Å². The highest BCUT2D eigenvalue weighted by Gasteiger charge is 2.30. The van der Waals surface area contributed by atoms with E-state index < -0.39 is 5.79 Å². The van der Waals surface area contributed by atoms with Gasteiger partial charge in [0.25, 0.3) is 0 Å². The van der Waals surface area contributed by atoms with E-state index in [-0.39, 0.29) is 0 Å². The summed E-state index contributed by atoms with van der Waals surface area (Å²) in [4.78, 5) is 0. The van der Waals surface area contributed by atoms with Gasteiger partial charge in [-0.3, -0.25) is 0 Å². The van der Waals surface area contributed by atoms with Crippen molar-refractivity contribution in [3.05, 3.63) is 11.6 Å². The van der Waals surface area contributed by atoms with Gasteiger partial charge in [-0.25, -0.2) is 0 Å². The minimum atomic E-state index is -0.398. The molecule has 0 aromatic carbocycles. The second-order valence-electron chi connectivity index (χ2n) is 5.13. The molecular weight excluding hydrogens is 200 g/mol. The highest BCUT2D eigenvalue weighted by atomic mass is 16.7. The number of allylic oxidation sites excluding steroid dienone is 2. The summed E-state index contributed by atoms with van der Waals surface area (Å²) in [5.74, 6) is 0.221. The lowest BCUT2D eigenvalue weighted by Gasteiger charge is -2.37. The van der Waals surface area contributed by atoms with Crippen LogP contribution in [0.15, 0.2) is 11.6 Å². The Balaban J connectivity index is 2.48. The second-order valence-corrected chi connectivity index (χ2v) is 5.13. The van der Waals surface area contributed by atoms with Gasteiger partial charge in [-0.2, -0.15) is 0 Å². The first-order chi connectivity index (χ1) is 7.48. The molecule has 2 unspecified atom stereocenters. The molecule has 0 spiro atoms. The van der Waals surface area contributed by atoms with E-state index in [1.807, 2.05) is 13.8 Å². The molecule has 1 aliphatic heterocycles. The molecule has 0 saturated carbocycles. The van der Waals surface area contributed by atoms with Gasteiger partial charge in [0.05, 0.1) is 12.7 Å². The molecule has 0 aromatic heterocycles. The average Bonchev–Trinajstić information content (AvgIpc) is 2.17. The molecule has 2 nitrogen and oxygen atoms in total. The lowest BCUT2D eigenvalue weighted by atomic mass is 9.91. The van der Waals surface area contributed by atoms with E-state index in [0.29, 0.717) is 12.0 Å². The molecule has 94 valence electrons. The van der Waals surface area contributed by atoms with Crippen LogP contribution in [0, 0.1) is 5.92 Å². The van der Waals surface area contributed by atoms with Gasteiger partial charge in [0.1, 0.15) is 0 Å². The summed E-state index contributed by atoms with van der Waals surface area (Å²) in [7, 11) is 0. The van der Waals surface area contributed by atoms with Crippen LogP contribution < -0.4 is 0 Å². The monoisotopic (exact) mass is 226 g/mol. The van der Waals surface area contributed by atoms with Crippen molar-refractivity contribution in [1.29, 1.82) is 0 Å². The van der Waals surface area contributed by atoms with Crippen LogP contribution in [0.25, 0.3) is 0 Å². The van der Waals surface area contributed by atoms with Crippen LogP contribution in [-0.4, -0.2) is 18.5 Å². The summed E-state index contributed by atoms with van der Waals surface area (Å²) in [6.45, 7) is 11.5. The van der Waals surface area contributed by atoms with Crippen LogP contribution in [0.3, 0.4) is 0 Å². The van der Waals surface area contributed by atoms with E-state index in [2.05, 4.69) is 26.8 Å². The van der Waals surface area contributed by atoms with Gasteiger partial charge in [0, 0.05) is 0 Å². The van der Waals surface area contributed by atoms with Gasteiger partial charge in [-0.05, 0) is 46.0 Å². The predicted molar refractivity (Wildman–Crippen MR) is 67.4 cm³/mol. The Labute approximate surface area is 100 Å². The zero-order valence-corrected chi connectivity index (χ0v) is 11.4. The molecule has 1 rings (SSSR count). The van der Waals surface area contributed by atoms with Gasteiger partial charge >= 0.3 is 0 Å². The molecule has 0 amide bonds. The normalized spacial score (nSPS) is 27.8. The minimum Gasteiger partial charge on any atom is -0.350 e. The van der Waals surface area contributed by atoms with Gasteiger partial charge in [0.2, 0.25) is 0 Å². The van der Waals surface area contributed by atoms with E-state index in [1.54, 1.807) is 0 Å². The molecule has 2 heteroatoms. The summed E-state index contributed by atoms with van der Waals surface area (Å²) >= 11 is 0. The Morgan fingerprint density at radius 2 is 2.19 bits per heavy atom. The van der Waals surface area contributed by atoms with Crippen molar-refractivity contribution in [2.24, 2.45) is 5.92 Å². The van der Waals surface area contributed by atoms with Crippen molar-refractivity contribution in [3.8, 4) is 0 Å². The first-order valence-electron chi connectivity index (χ1n) is 6.45. The van der Waals surface area contributed by atoms with Crippen molar-refractivity contribution >= 4 is 0 Å². The van der Waals surface area contributed by atoms with Gasteiger partial charge in [0.15, 0.2) is 5.79 Å². The molecule has 1 fully saturated rings. The standard InChI is InChI=1S/C14H26O2/c1-6-12(7-2)11(3)10-13-8-9-15-14(4,5)16-13/h6,11,13H,7-10H2,1-5H3. The summed E-state index contributed by atoms with van der Waals surface area (Å²) in [5.41, 5.74) is 1.54. The molecule has 2 atom stereocenters. The van der Waals surface area contributed by atoms with Gasteiger partial charge in [-0.15, -0.1) is 0 Å². The van der Waals surface area contributed by atoms with Crippen molar-refractivity contribution in [2.75, 3.05) is 6.61 Å². The SMILES string of the molecule is CC=C(CC)C(C)CC1CCOC(C)(C)O1. The number of hydrogen-bond donors (Lipinski definition) is 0. The molecule has 0 N–H and O–H groups in total. The third kappa shape index (κ3) is 3.91. The largest absolute Gasteiger partial charge is 0.350 e. The molecular formula is C14H26O2.